The van der Waals surface area contributed by atoms with Crippen LogP contribution in [0.5, 0.6) is 5.75 Å². The maximum atomic E-state index is 11.5. The summed E-state index contributed by atoms with van der Waals surface area (Å²) >= 11 is 5.88. The average Bonchev–Trinajstić information content (AvgIpc) is 2.84. The number of imidazole rings is 1. The maximum Gasteiger partial charge on any atom is 0.163 e. The summed E-state index contributed by atoms with van der Waals surface area (Å²) in [5.41, 5.74) is 0.488. The summed E-state index contributed by atoms with van der Waals surface area (Å²) in [6.45, 7) is 4.68. The highest BCUT2D eigenvalue weighted by atomic mass is 35.5. The molecule has 1 aromatic carbocycles. The summed E-state index contributed by atoms with van der Waals surface area (Å²) in [6.07, 6.45) is 3.63. The summed E-state index contributed by atoms with van der Waals surface area (Å²) in [5.74, 6) is 1.28. The fraction of sp³-hybridized carbons (Fsp3) is 0.286. The lowest BCUT2D eigenvalue weighted by Gasteiger charge is -2.10. The Labute approximate surface area is 117 Å². The van der Waals surface area contributed by atoms with Crippen molar-refractivity contribution in [2.45, 2.75) is 27.0 Å². The van der Waals surface area contributed by atoms with E-state index in [2.05, 4.69) is 4.98 Å². The van der Waals surface area contributed by atoms with Crippen molar-refractivity contribution in [2.75, 3.05) is 0 Å². The third-order valence-corrected chi connectivity index (χ3v) is 3.06. The van der Waals surface area contributed by atoms with Gasteiger partial charge in [0.2, 0.25) is 0 Å². The van der Waals surface area contributed by atoms with E-state index in [1.807, 2.05) is 17.7 Å². The lowest BCUT2D eigenvalue weighted by Crippen LogP contribution is -2.07. The zero-order valence-corrected chi connectivity index (χ0v) is 11.6. The summed E-state index contributed by atoms with van der Waals surface area (Å²) in [6, 6.07) is 5.03. The zero-order chi connectivity index (χ0) is 13.8. The minimum Gasteiger partial charge on any atom is -0.485 e. The quantitative estimate of drug-likeness (QED) is 0.788. The van der Waals surface area contributed by atoms with E-state index in [9.17, 15) is 4.79 Å². The molecule has 0 aliphatic carbocycles. The number of aromatic nitrogens is 2. The van der Waals surface area contributed by atoms with Gasteiger partial charge in [-0.25, -0.2) is 4.98 Å². The Morgan fingerprint density at radius 3 is 2.95 bits per heavy atom. The number of ether oxygens (including phenoxy) is 1. The summed E-state index contributed by atoms with van der Waals surface area (Å²) in [4.78, 5) is 15.8. The van der Waals surface area contributed by atoms with Crippen LogP contribution in [0.3, 0.4) is 0 Å². The molecule has 0 saturated carbocycles. The van der Waals surface area contributed by atoms with Crippen molar-refractivity contribution in [2.24, 2.45) is 0 Å². The molecule has 0 fully saturated rings. The number of carbonyl (C=O) groups is 1. The predicted molar refractivity (Wildman–Crippen MR) is 73.7 cm³/mol. The molecule has 0 radical (unpaired) electrons. The van der Waals surface area contributed by atoms with Gasteiger partial charge in [-0.3, -0.25) is 4.79 Å². The highest BCUT2D eigenvalue weighted by Crippen LogP contribution is 2.24. The molecule has 0 unspecified atom stereocenters. The van der Waals surface area contributed by atoms with Crippen molar-refractivity contribution in [3.05, 3.63) is 47.0 Å². The first kappa shape index (κ1) is 13.6. The number of benzene rings is 1. The number of carbonyl (C=O) groups excluding carboxylic acids is 1. The number of Topliss-reactive ketones (excluding diaryl/α,β-unsaturated/α-hetero) is 1. The molecule has 0 spiro atoms. The van der Waals surface area contributed by atoms with E-state index in [1.54, 1.807) is 24.4 Å². The van der Waals surface area contributed by atoms with Crippen molar-refractivity contribution in [1.82, 2.24) is 9.55 Å². The van der Waals surface area contributed by atoms with Gasteiger partial charge in [-0.05, 0) is 32.0 Å². The molecular formula is C14H15ClN2O2. The first-order valence-electron chi connectivity index (χ1n) is 6.05. The van der Waals surface area contributed by atoms with Crippen LogP contribution in [0.1, 0.15) is 30.0 Å². The minimum absolute atomic E-state index is 0.0728. The molecular weight excluding hydrogens is 264 g/mol. The predicted octanol–water partition coefficient (Wildman–Crippen LogP) is 3.34. The van der Waals surface area contributed by atoms with Crippen LogP contribution < -0.4 is 4.74 Å². The van der Waals surface area contributed by atoms with Gasteiger partial charge >= 0.3 is 0 Å². The smallest absolute Gasteiger partial charge is 0.163 e. The van der Waals surface area contributed by atoms with E-state index in [0.29, 0.717) is 22.9 Å². The second-order valence-electron chi connectivity index (χ2n) is 4.11. The van der Waals surface area contributed by atoms with Crippen LogP contribution in [0.2, 0.25) is 5.02 Å². The van der Waals surface area contributed by atoms with E-state index in [-0.39, 0.29) is 5.78 Å². The molecule has 0 aliphatic rings. The molecule has 100 valence electrons. The molecule has 0 bridgehead atoms. The van der Waals surface area contributed by atoms with Gasteiger partial charge in [-0.15, -0.1) is 0 Å². The molecule has 19 heavy (non-hydrogen) atoms. The Kier molecular flexibility index (Phi) is 4.22. The molecule has 1 heterocycles. The van der Waals surface area contributed by atoms with E-state index in [4.69, 9.17) is 16.3 Å². The van der Waals surface area contributed by atoms with Crippen molar-refractivity contribution in [3.8, 4) is 5.75 Å². The number of nitrogens with zero attached hydrogens (tertiary/aromatic N) is 2. The van der Waals surface area contributed by atoms with Crippen LogP contribution in [0.15, 0.2) is 30.6 Å². The van der Waals surface area contributed by atoms with Crippen molar-refractivity contribution < 1.29 is 9.53 Å². The number of hydrogen-bond donors (Lipinski definition) is 0. The molecule has 5 heteroatoms. The second kappa shape index (κ2) is 5.89. The largest absolute Gasteiger partial charge is 0.485 e. The van der Waals surface area contributed by atoms with Gasteiger partial charge in [0, 0.05) is 24.0 Å². The molecule has 0 saturated heterocycles. The van der Waals surface area contributed by atoms with Gasteiger partial charge in [0.15, 0.2) is 5.78 Å². The molecule has 2 rings (SSSR count). The molecule has 1 aromatic heterocycles. The Hall–Kier alpha value is -1.81. The summed E-state index contributed by atoms with van der Waals surface area (Å²) in [7, 11) is 0. The van der Waals surface area contributed by atoms with Crippen LogP contribution in [0, 0.1) is 0 Å². The molecule has 2 aromatic rings. The summed E-state index contributed by atoms with van der Waals surface area (Å²) in [5, 5.41) is 0.521. The first-order valence-corrected chi connectivity index (χ1v) is 6.43. The highest BCUT2D eigenvalue weighted by molar-refractivity contribution is 6.31. The van der Waals surface area contributed by atoms with Crippen molar-refractivity contribution in [1.29, 1.82) is 0 Å². The van der Waals surface area contributed by atoms with Gasteiger partial charge in [-0.2, -0.15) is 0 Å². The fourth-order valence-electron chi connectivity index (χ4n) is 1.81. The Bertz CT molecular complexity index is 593. The third kappa shape index (κ3) is 3.15. The highest BCUT2D eigenvalue weighted by Gasteiger charge is 2.10. The average molecular weight is 279 g/mol. The van der Waals surface area contributed by atoms with Crippen LogP contribution in [0.25, 0.3) is 0 Å². The van der Waals surface area contributed by atoms with Crippen LogP contribution in [-0.4, -0.2) is 15.3 Å². The standard InChI is InChI=1S/C14H15ClN2O2/c1-3-17-7-6-16-14(17)9-19-13-5-4-11(15)8-12(13)10(2)18/h4-8H,3,9H2,1-2H3. The molecule has 0 aliphatic heterocycles. The first-order chi connectivity index (χ1) is 9.11. The molecule has 4 nitrogen and oxygen atoms in total. The maximum absolute atomic E-state index is 11.5. The summed E-state index contributed by atoms with van der Waals surface area (Å²) < 4.78 is 7.67. The van der Waals surface area contributed by atoms with Gasteiger partial charge in [0.25, 0.3) is 0 Å². The lowest BCUT2D eigenvalue weighted by atomic mass is 10.1. The van der Waals surface area contributed by atoms with Gasteiger partial charge in [-0.1, -0.05) is 11.6 Å². The normalized spacial score (nSPS) is 10.5. The SMILES string of the molecule is CCn1ccnc1COc1ccc(Cl)cc1C(C)=O. The van der Waals surface area contributed by atoms with Gasteiger partial charge in [0.1, 0.15) is 18.2 Å². The third-order valence-electron chi connectivity index (χ3n) is 2.82. The van der Waals surface area contributed by atoms with E-state index in [1.165, 1.54) is 6.92 Å². The lowest BCUT2D eigenvalue weighted by molar-refractivity contribution is 0.101. The second-order valence-corrected chi connectivity index (χ2v) is 4.55. The van der Waals surface area contributed by atoms with Crippen LogP contribution in [0.4, 0.5) is 0 Å². The Balaban J connectivity index is 2.18. The number of halogens is 1. The van der Waals surface area contributed by atoms with E-state index >= 15 is 0 Å². The topological polar surface area (TPSA) is 44.1 Å². The Morgan fingerprint density at radius 1 is 1.47 bits per heavy atom. The number of ketones is 1. The van der Waals surface area contributed by atoms with E-state index < -0.39 is 0 Å². The zero-order valence-electron chi connectivity index (χ0n) is 10.9. The number of aryl methyl sites for hydroxylation is 1. The monoisotopic (exact) mass is 278 g/mol. The molecule has 0 amide bonds. The van der Waals surface area contributed by atoms with E-state index in [0.717, 1.165) is 12.4 Å². The van der Waals surface area contributed by atoms with Gasteiger partial charge < -0.3 is 9.30 Å². The Morgan fingerprint density at radius 2 is 2.26 bits per heavy atom. The molecule has 0 atom stereocenters. The fourth-order valence-corrected chi connectivity index (χ4v) is 1.99. The van der Waals surface area contributed by atoms with Gasteiger partial charge in [0.05, 0.1) is 5.56 Å². The number of hydrogen-bond acceptors (Lipinski definition) is 3. The van der Waals surface area contributed by atoms with Crippen LogP contribution >= 0.6 is 11.6 Å². The number of rotatable bonds is 5. The molecule has 0 N–H and O–H groups in total. The minimum atomic E-state index is -0.0728. The van der Waals surface area contributed by atoms with Crippen molar-refractivity contribution in [3.63, 3.8) is 0 Å². The van der Waals surface area contributed by atoms with Crippen LogP contribution in [-0.2, 0) is 13.2 Å². The van der Waals surface area contributed by atoms with Crippen molar-refractivity contribution >= 4 is 17.4 Å².